The Morgan fingerprint density at radius 2 is 1.55 bits per heavy atom. The van der Waals surface area contributed by atoms with Gasteiger partial charge in [-0.15, -0.1) is 13.2 Å². The number of phenols is 1. The molecule has 3 aromatic carbocycles. The van der Waals surface area contributed by atoms with E-state index in [-0.39, 0.29) is 29.1 Å². The molecule has 3 aromatic rings. The van der Waals surface area contributed by atoms with Crippen molar-refractivity contribution < 1.29 is 51.3 Å². The molecule has 3 heterocycles. The maximum Gasteiger partial charge on any atom is 0.573 e. The van der Waals surface area contributed by atoms with Gasteiger partial charge in [-0.1, -0.05) is 23.3 Å². The fourth-order valence-electron chi connectivity index (χ4n) is 9.08. The van der Waals surface area contributed by atoms with Gasteiger partial charge >= 0.3 is 6.36 Å². The number of anilines is 3. The van der Waals surface area contributed by atoms with Crippen LogP contribution in [0.5, 0.6) is 11.5 Å². The zero-order valence-electron chi connectivity index (χ0n) is 28.1. The van der Waals surface area contributed by atoms with E-state index in [0.29, 0.717) is 37.6 Å². The lowest BCUT2D eigenvalue weighted by Gasteiger charge is -2.49. The van der Waals surface area contributed by atoms with E-state index < -0.39 is 82.3 Å². The molecule has 0 unspecified atom stereocenters. The molecule has 2 aliphatic carbocycles. The van der Waals surface area contributed by atoms with Crippen LogP contribution < -0.4 is 19.4 Å². The van der Waals surface area contributed by atoms with Crippen molar-refractivity contribution in [3.05, 3.63) is 88.7 Å². The highest BCUT2D eigenvalue weighted by Crippen LogP contribution is 2.64. The highest BCUT2D eigenvalue weighted by molar-refractivity contribution is 6.32. The lowest BCUT2D eigenvalue weighted by molar-refractivity contribution is -0.274. The smallest absolute Gasteiger partial charge is 0.508 e. The number of phenolic OH excluding ortho intramolecular Hbond substituents is 1. The minimum Gasteiger partial charge on any atom is -0.508 e. The summed E-state index contributed by atoms with van der Waals surface area (Å²) < 4.78 is 63.9. The van der Waals surface area contributed by atoms with Crippen LogP contribution in [0.2, 0.25) is 5.02 Å². The summed E-state index contributed by atoms with van der Waals surface area (Å²) in [5, 5.41) is 10.9. The first kappa shape index (κ1) is 35.1. The topological polar surface area (TPSA) is 117 Å². The number of fused-ring (bicyclic) bond motifs is 4. The van der Waals surface area contributed by atoms with E-state index in [1.165, 1.54) is 13.0 Å². The maximum absolute atomic E-state index is 14.6. The summed E-state index contributed by atoms with van der Waals surface area (Å²) in [4.78, 5) is 61.5. The number of benzene rings is 3. The Labute approximate surface area is 305 Å². The average Bonchev–Trinajstić information content (AvgIpc) is 3.49. The predicted molar refractivity (Wildman–Crippen MR) is 183 cm³/mol. The van der Waals surface area contributed by atoms with E-state index >= 15 is 0 Å². The largest absolute Gasteiger partial charge is 0.573 e. The number of amides is 4. The molecule has 0 bridgehead atoms. The number of alkyl halides is 3. The Balaban J connectivity index is 1.21. The van der Waals surface area contributed by atoms with Crippen LogP contribution in [0.1, 0.15) is 31.2 Å². The number of halogens is 5. The van der Waals surface area contributed by atoms with E-state index in [1.54, 1.807) is 18.2 Å². The van der Waals surface area contributed by atoms with Gasteiger partial charge in [0.1, 0.15) is 17.3 Å². The summed E-state index contributed by atoms with van der Waals surface area (Å²) in [6.07, 6.45) is -3.36. The fraction of sp³-hybridized carbons (Fsp3) is 0.368. The second-order valence-electron chi connectivity index (χ2n) is 14.2. The number of morpholine rings is 1. The van der Waals surface area contributed by atoms with Crippen molar-refractivity contribution in [2.75, 3.05) is 41.0 Å². The summed E-state index contributed by atoms with van der Waals surface area (Å²) in [6, 6.07) is 13.3. The Bertz CT molecular complexity index is 2090. The number of carbonyl (C=O) groups is 4. The van der Waals surface area contributed by atoms with Gasteiger partial charge in [-0.2, -0.15) is 0 Å². The van der Waals surface area contributed by atoms with Crippen LogP contribution in [-0.4, -0.2) is 61.4 Å². The molecule has 4 fully saturated rings. The van der Waals surface area contributed by atoms with Crippen LogP contribution in [0.15, 0.2) is 72.3 Å². The molecule has 1 saturated carbocycles. The molecule has 5 aliphatic rings. The maximum atomic E-state index is 14.6. The van der Waals surface area contributed by atoms with Gasteiger partial charge in [-0.3, -0.25) is 24.1 Å². The Hall–Kier alpha value is -4.95. The van der Waals surface area contributed by atoms with Crippen molar-refractivity contribution in [3.8, 4) is 11.5 Å². The normalized spacial score (nSPS) is 28.5. The molecule has 276 valence electrons. The average molecular weight is 754 g/mol. The number of hydrogen-bond acceptors (Lipinski definition) is 8. The third-order valence-corrected chi connectivity index (χ3v) is 11.8. The SMILES string of the molecule is C[C@@]12C(=O)N(c3ccc(F)c(Cl)c3)C(=O)[C@@H]1C[C@@H]1C(=CC[C@@H]3C(=O)N(c4ccc(N5CCOCC5)cc4)C(=O)[C@@H]31)[C@@H]2c1cc(OC(F)(F)F)ccc1O. The lowest BCUT2D eigenvalue weighted by atomic mass is 9.51. The minimum absolute atomic E-state index is 0.0206. The molecule has 8 rings (SSSR count). The molecule has 1 N–H and O–H groups in total. The van der Waals surface area contributed by atoms with Crippen LogP contribution in [-0.2, 0) is 23.9 Å². The summed E-state index contributed by atoms with van der Waals surface area (Å²) in [6.45, 7) is 4.03. The van der Waals surface area contributed by atoms with Gasteiger partial charge in [0.15, 0.2) is 0 Å². The summed E-state index contributed by atoms with van der Waals surface area (Å²) >= 11 is 6.04. The van der Waals surface area contributed by atoms with Crippen molar-refractivity contribution >= 4 is 52.3 Å². The fourth-order valence-corrected chi connectivity index (χ4v) is 9.25. The highest BCUT2D eigenvalue weighted by Gasteiger charge is 2.68. The summed E-state index contributed by atoms with van der Waals surface area (Å²) in [5.41, 5.74) is -0.141. The lowest BCUT2D eigenvalue weighted by Crippen LogP contribution is -2.49. The van der Waals surface area contributed by atoms with E-state index in [0.717, 1.165) is 45.8 Å². The molecule has 10 nitrogen and oxygen atoms in total. The third kappa shape index (κ3) is 5.56. The second kappa shape index (κ2) is 12.6. The first-order valence-electron chi connectivity index (χ1n) is 17.1. The number of allylic oxidation sites excluding steroid dienone is 2. The van der Waals surface area contributed by atoms with Crippen LogP contribution in [0.4, 0.5) is 34.6 Å². The van der Waals surface area contributed by atoms with Gasteiger partial charge in [0.25, 0.3) is 0 Å². The second-order valence-corrected chi connectivity index (χ2v) is 14.6. The zero-order chi connectivity index (χ0) is 37.6. The first-order valence-corrected chi connectivity index (χ1v) is 17.5. The number of ether oxygens (including phenoxy) is 2. The van der Waals surface area contributed by atoms with Gasteiger partial charge in [0, 0.05) is 30.3 Å². The molecular formula is C38H32ClF4N3O7. The first-order chi connectivity index (χ1) is 25.2. The van der Waals surface area contributed by atoms with Crippen LogP contribution in [0.25, 0.3) is 0 Å². The van der Waals surface area contributed by atoms with Crippen LogP contribution in [0.3, 0.4) is 0 Å². The molecule has 6 atom stereocenters. The standard InChI is InChI=1S/C38H32ClF4N3O7/c1-37-27(34(49)46(36(37)51)21-6-10-29(40)28(39)16-21)18-25-23(32(37)26-17-22(7-11-30(26)47)53-38(41,42)43)8-9-24-31(25)35(50)45(33(24)48)20-4-2-19(3-5-20)44-12-14-52-15-13-44/h2-8,10-11,16-17,24-25,27,31-32,47H,9,12-15,18H2,1H3/t24-,25+,27-,31-,32+,37+/m0/s1. The number of rotatable bonds is 5. The van der Waals surface area contributed by atoms with E-state index in [4.69, 9.17) is 16.3 Å². The number of hydrogen-bond donors (Lipinski definition) is 1. The molecule has 53 heavy (non-hydrogen) atoms. The Morgan fingerprint density at radius 3 is 2.23 bits per heavy atom. The molecule has 3 aliphatic heterocycles. The van der Waals surface area contributed by atoms with E-state index in [9.17, 15) is 41.8 Å². The van der Waals surface area contributed by atoms with Crippen molar-refractivity contribution in [1.82, 2.24) is 0 Å². The van der Waals surface area contributed by atoms with Crippen molar-refractivity contribution in [2.24, 2.45) is 29.1 Å². The summed E-state index contributed by atoms with van der Waals surface area (Å²) in [7, 11) is 0. The molecule has 0 aromatic heterocycles. The number of imide groups is 2. The minimum atomic E-state index is -5.08. The van der Waals surface area contributed by atoms with Crippen molar-refractivity contribution in [3.63, 3.8) is 0 Å². The zero-order valence-corrected chi connectivity index (χ0v) is 28.9. The van der Waals surface area contributed by atoms with Gasteiger partial charge < -0.3 is 19.5 Å². The van der Waals surface area contributed by atoms with Crippen molar-refractivity contribution in [2.45, 2.75) is 32.0 Å². The number of aromatic hydroxyl groups is 1. The molecule has 15 heteroatoms. The van der Waals surface area contributed by atoms with Gasteiger partial charge in [-0.05, 0) is 86.3 Å². The molecule has 0 radical (unpaired) electrons. The molecule has 3 saturated heterocycles. The van der Waals surface area contributed by atoms with Gasteiger partial charge in [0.2, 0.25) is 23.6 Å². The van der Waals surface area contributed by atoms with Crippen LogP contribution >= 0.6 is 11.6 Å². The Morgan fingerprint density at radius 1 is 0.868 bits per heavy atom. The summed E-state index contributed by atoms with van der Waals surface area (Å²) in [5.74, 6) is -9.29. The number of nitrogens with zero attached hydrogens (tertiary/aromatic N) is 3. The van der Waals surface area contributed by atoms with Gasteiger partial charge in [-0.25, -0.2) is 9.29 Å². The molecule has 4 amide bonds. The van der Waals surface area contributed by atoms with E-state index in [2.05, 4.69) is 9.64 Å². The van der Waals surface area contributed by atoms with Gasteiger partial charge in [0.05, 0.1) is 52.8 Å². The van der Waals surface area contributed by atoms with Crippen molar-refractivity contribution in [1.29, 1.82) is 0 Å². The predicted octanol–water partition coefficient (Wildman–Crippen LogP) is 6.36. The van der Waals surface area contributed by atoms with E-state index in [1.807, 2.05) is 12.1 Å². The quantitative estimate of drug-likeness (QED) is 0.182. The molecule has 0 spiro atoms. The highest BCUT2D eigenvalue weighted by atomic mass is 35.5. The molecular weight excluding hydrogens is 722 g/mol. The number of carbonyl (C=O) groups excluding carboxylic acids is 4. The monoisotopic (exact) mass is 753 g/mol. The Kier molecular flexibility index (Phi) is 8.33. The third-order valence-electron chi connectivity index (χ3n) is 11.5. The van der Waals surface area contributed by atoms with Crippen LogP contribution in [0, 0.1) is 34.9 Å².